The molecular weight excluding hydrogens is 1820 g/mol. The molecule has 6 radical (unpaired) electrons. The van der Waals surface area contributed by atoms with Gasteiger partial charge in [0.05, 0.1) is 0 Å². The topological polar surface area (TPSA) is 482 Å². The summed E-state index contributed by atoms with van der Waals surface area (Å²) >= 11 is -34.0. The maximum atomic E-state index is 8.61. The van der Waals surface area contributed by atoms with Crippen LogP contribution in [0, 0.1) is 0 Å². The van der Waals surface area contributed by atoms with Crippen molar-refractivity contribution < 1.29 is 243 Å². The van der Waals surface area contributed by atoms with Crippen LogP contribution in [-0.4, -0.2) is 151 Å². The Kier molecular flexibility index (Phi) is 205. The van der Waals surface area contributed by atoms with Crippen LogP contribution in [0.15, 0.2) is 0 Å². The second kappa shape index (κ2) is 85.4. The Labute approximate surface area is 383 Å². The first kappa shape index (κ1) is 91.2. The number of hydrogen-bond acceptors (Lipinski definition) is 24. The second-order valence-corrected chi connectivity index (χ2v) is 11.2. The van der Waals surface area contributed by atoms with E-state index in [1.54, 1.807) is 0 Å². The molecule has 0 aliphatic heterocycles. The SMILES string of the molecule is [Mg+2].[Mg+2].[Mg+2].[O]=[Nb](=[O])[O-].[O]=[Nb](=[O])[O-].[O]=[Nb](=[O])[O-].[O]=[Nb](=[O])[O-].[O]=[Zr]([O-])[O-].[O]=[Zr]([O-])[O-].[O]=[Zr]([O-])[O-].[O]=[Zr]([O-])[O-].[Pb+2].[Pb+2].[Pb+2]. The van der Waals surface area contributed by atoms with Crippen LogP contribution < -0.4 is 39.9 Å². The largest absolute Gasteiger partial charge is 2.00 e. The molecule has 0 heterocycles. The van der Waals surface area contributed by atoms with Crippen molar-refractivity contribution in [2.45, 2.75) is 0 Å². The number of hydrogen-bond donors (Lipinski definition) is 0. The monoisotopic (exact) mass is 1810 g/mol. The Hall–Kier alpha value is 8.68. The van der Waals surface area contributed by atoms with Crippen LogP contribution in [0.1, 0.15) is 0 Å². The quantitative estimate of drug-likeness (QED) is 0.203. The predicted molar refractivity (Wildman–Crippen MR) is 42.8 cm³/mol. The summed E-state index contributed by atoms with van der Waals surface area (Å²) in [5.74, 6) is 0. The fraction of sp³-hybridized carbons (Fsp3) is 0. The fourth-order valence-electron chi connectivity index (χ4n) is 0. The summed E-state index contributed by atoms with van der Waals surface area (Å²) < 4.78 is 207. The summed E-state index contributed by atoms with van der Waals surface area (Å²) in [6.45, 7) is 0. The minimum atomic E-state index is -4.29. The average Bonchev–Trinajstić information content (AvgIpc) is 2.30. The summed E-state index contributed by atoms with van der Waals surface area (Å²) in [4.78, 5) is 0. The van der Waals surface area contributed by atoms with E-state index in [0.29, 0.717) is 0 Å². The van der Waals surface area contributed by atoms with Crippen LogP contribution in [0.3, 0.4) is 0 Å². The molecule has 0 aromatic carbocycles. The molecule has 38 heteroatoms. The molecule has 0 unspecified atom stereocenters. The van der Waals surface area contributed by atoms with Gasteiger partial charge in [-0.2, -0.15) is 0 Å². The molecule has 198 valence electrons. The molecule has 0 aliphatic carbocycles. The van der Waals surface area contributed by atoms with Gasteiger partial charge in [-0.3, -0.25) is 0 Å². The normalized spacial score (nSPS) is 5.37. The third-order valence-electron chi connectivity index (χ3n) is 0. The van der Waals surface area contributed by atoms with E-state index >= 15 is 0 Å². The van der Waals surface area contributed by atoms with Gasteiger partial charge in [-0.1, -0.05) is 0 Å². The molecule has 0 aromatic rings. The molecule has 0 bridgehead atoms. The van der Waals surface area contributed by atoms with E-state index < -0.39 is 166 Å². The van der Waals surface area contributed by atoms with Crippen LogP contribution in [0.4, 0.5) is 0 Å². The van der Waals surface area contributed by atoms with Crippen LogP contribution in [-0.2, 0) is 203 Å². The summed E-state index contributed by atoms with van der Waals surface area (Å²) in [6.07, 6.45) is 0. The average molecular weight is 1820 g/mol. The molecule has 24 nitrogen and oxygen atoms in total. The smallest absolute Gasteiger partial charge is 2.00 e. The van der Waals surface area contributed by atoms with Crippen LogP contribution in [0.5, 0.6) is 0 Å². The predicted octanol–water partition coefficient (Wildman–Crippen LogP) is -18.0. The van der Waals surface area contributed by atoms with Crippen molar-refractivity contribution in [2.24, 2.45) is 0 Å². The molecule has 0 N–H and O–H groups in total. The molecule has 0 aromatic heterocycles. The van der Waals surface area contributed by atoms with E-state index in [9.17, 15) is 0 Å². The minimum absolute atomic E-state index is 0. The van der Waals surface area contributed by atoms with Crippen LogP contribution in [0.2, 0.25) is 0 Å². The molecule has 0 fully saturated rings. The van der Waals surface area contributed by atoms with Gasteiger partial charge in [0.2, 0.25) is 0 Å². The summed E-state index contributed by atoms with van der Waals surface area (Å²) in [7, 11) is 0. The van der Waals surface area contributed by atoms with Gasteiger partial charge in [-0.05, 0) is 0 Å². The van der Waals surface area contributed by atoms with Crippen molar-refractivity contribution in [3.8, 4) is 0 Å². The molecule has 0 amide bonds. The zero-order chi connectivity index (χ0) is 28.6. The Morgan fingerprint density at radius 1 is 0.316 bits per heavy atom. The van der Waals surface area contributed by atoms with Crippen molar-refractivity contribution in [2.75, 3.05) is 0 Å². The van der Waals surface area contributed by atoms with Gasteiger partial charge >= 0.3 is 394 Å². The van der Waals surface area contributed by atoms with Gasteiger partial charge < -0.3 is 0 Å². The van der Waals surface area contributed by atoms with Gasteiger partial charge in [0, 0.05) is 0 Å². The molecule has 38 heavy (non-hydrogen) atoms. The minimum Gasteiger partial charge on any atom is 2.00 e. The van der Waals surface area contributed by atoms with Crippen molar-refractivity contribution >= 4 is 151 Å². The van der Waals surface area contributed by atoms with Gasteiger partial charge in [0.25, 0.3) is 0 Å². The molecular formula is Mg3Nb4O24Pb3Zr4. The fourth-order valence-corrected chi connectivity index (χ4v) is 0. The van der Waals surface area contributed by atoms with Crippen LogP contribution in [0.25, 0.3) is 0 Å². The van der Waals surface area contributed by atoms with Crippen molar-refractivity contribution in [1.82, 2.24) is 0 Å². The Balaban J connectivity index is -0.0000000141. The summed E-state index contributed by atoms with van der Waals surface area (Å²) in [5, 5.41) is 0. The van der Waals surface area contributed by atoms with Gasteiger partial charge in [0.1, 0.15) is 0 Å². The standard InChI is InChI=1S/3Mg.4Nb.24O.3Pb.4Zr/q3*+2;;;;;;;;;;;;;;;;;12*-1;3*+2;;;;. The van der Waals surface area contributed by atoms with Gasteiger partial charge in [-0.25, -0.2) is 0 Å². The summed E-state index contributed by atoms with van der Waals surface area (Å²) in [6, 6.07) is 0. The van der Waals surface area contributed by atoms with Gasteiger partial charge in [-0.15, -0.1) is 0 Å². The molecule has 0 saturated heterocycles. The third-order valence-corrected chi connectivity index (χ3v) is 0. The Morgan fingerprint density at radius 3 is 0.316 bits per heavy atom. The molecule has 0 atom stereocenters. The molecule has 0 rings (SSSR count). The van der Waals surface area contributed by atoms with E-state index in [1.807, 2.05) is 0 Å². The van der Waals surface area contributed by atoms with E-state index in [0.717, 1.165) is 0 Å². The maximum Gasteiger partial charge on any atom is 2.00 e. The van der Waals surface area contributed by atoms with Crippen LogP contribution >= 0.6 is 0 Å². The van der Waals surface area contributed by atoms with Crippen molar-refractivity contribution in [3.05, 3.63) is 0 Å². The first-order valence-electron chi connectivity index (χ1n) is 4.64. The van der Waals surface area contributed by atoms with Crippen molar-refractivity contribution in [3.63, 3.8) is 0 Å². The molecule has 0 aliphatic rings. The Morgan fingerprint density at radius 2 is 0.316 bits per heavy atom. The zero-order valence-electron chi connectivity index (χ0n) is 17.2. The van der Waals surface area contributed by atoms with E-state index in [1.165, 1.54) is 0 Å². The third kappa shape index (κ3) is 1130. The molecule has 0 saturated carbocycles. The zero-order valence-corrected chi connectivity index (χ0v) is 51.7. The number of rotatable bonds is 0. The van der Waals surface area contributed by atoms with E-state index in [2.05, 4.69) is 0 Å². The first-order chi connectivity index (χ1) is 13.9. The van der Waals surface area contributed by atoms with E-state index in [4.69, 9.17) is 77.2 Å². The van der Waals surface area contributed by atoms with Crippen molar-refractivity contribution in [1.29, 1.82) is 0 Å². The maximum absolute atomic E-state index is 8.61. The first-order valence-corrected chi connectivity index (χ1v) is 27.5. The van der Waals surface area contributed by atoms with Gasteiger partial charge in [0.15, 0.2) is 0 Å². The molecule has 0 spiro atoms. The summed E-state index contributed by atoms with van der Waals surface area (Å²) in [5.41, 5.74) is 0. The second-order valence-electron chi connectivity index (χ2n) is 1.89. The van der Waals surface area contributed by atoms with E-state index in [-0.39, 0.29) is 151 Å². The Bertz CT molecular complexity index is 600.